The van der Waals surface area contributed by atoms with E-state index in [2.05, 4.69) is 9.44 Å². The second kappa shape index (κ2) is 8.49. The van der Waals surface area contributed by atoms with Crippen molar-refractivity contribution in [1.82, 2.24) is 0 Å². The number of hydrogen-bond acceptors (Lipinski definition) is 4. The van der Waals surface area contributed by atoms with E-state index in [1.165, 1.54) is 24.3 Å². The van der Waals surface area contributed by atoms with Crippen LogP contribution in [0.5, 0.6) is 0 Å². The second-order valence-corrected chi connectivity index (χ2v) is 10.7. The number of rotatable bonds is 7. The Morgan fingerprint density at radius 3 is 1.87 bits per heavy atom. The van der Waals surface area contributed by atoms with Gasteiger partial charge in [-0.15, -0.1) is 0 Å². The normalized spacial score (nSPS) is 11.8. The number of aryl methyl sites for hydroxylation is 3. The molecule has 0 aliphatic carbocycles. The van der Waals surface area contributed by atoms with Crippen molar-refractivity contribution in [2.75, 3.05) is 9.44 Å². The summed E-state index contributed by atoms with van der Waals surface area (Å²) in [6.45, 7) is 5.79. The van der Waals surface area contributed by atoms with Crippen LogP contribution in [-0.2, 0) is 25.8 Å². The number of benzene rings is 3. The predicted octanol–water partition coefficient (Wildman–Crippen LogP) is 4.35. The molecular formula is C22H24N2O4S2. The summed E-state index contributed by atoms with van der Waals surface area (Å²) in [7, 11) is -7.40. The van der Waals surface area contributed by atoms with Gasteiger partial charge in [-0.3, -0.25) is 9.44 Å². The van der Waals surface area contributed by atoms with Gasteiger partial charge in [-0.05, 0) is 73.9 Å². The predicted molar refractivity (Wildman–Crippen MR) is 121 cm³/mol. The molecule has 158 valence electrons. The fourth-order valence-corrected chi connectivity index (χ4v) is 5.09. The van der Waals surface area contributed by atoms with Crippen LogP contribution in [0, 0.1) is 20.8 Å². The highest BCUT2D eigenvalue weighted by molar-refractivity contribution is 7.92. The maximum absolute atomic E-state index is 12.6. The summed E-state index contributed by atoms with van der Waals surface area (Å²) in [4.78, 5) is 0.0437. The fraction of sp³-hybridized carbons (Fsp3) is 0.182. The second-order valence-electron chi connectivity index (χ2n) is 7.28. The zero-order valence-electron chi connectivity index (χ0n) is 17.0. The van der Waals surface area contributed by atoms with Crippen LogP contribution in [0.3, 0.4) is 0 Å². The van der Waals surface area contributed by atoms with E-state index in [0.717, 1.165) is 16.7 Å². The zero-order valence-corrected chi connectivity index (χ0v) is 18.6. The molecule has 0 unspecified atom stereocenters. The zero-order chi connectivity index (χ0) is 21.9. The Morgan fingerprint density at radius 2 is 1.27 bits per heavy atom. The Hall–Kier alpha value is -2.84. The maximum Gasteiger partial charge on any atom is 0.261 e. The molecule has 0 saturated carbocycles. The first kappa shape index (κ1) is 21.9. The van der Waals surface area contributed by atoms with Gasteiger partial charge >= 0.3 is 0 Å². The van der Waals surface area contributed by atoms with E-state index in [1.807, 2.05) is 39.0 Å². The van der Waals surface area contributed by atoms with Crippen molar-refractivity contribution >= 4 is 31.4 Å². The topological polar surface area (TPSA) is 92.3 Å². The SMILES string of the molecule is Cc1ccc(CS(=O)(=O)Nc2ccc(S(=O)(=O)Nc3ccc(C)c(C)c3)cc2)cc1. The Bertz CT molecular complexity index is 1250. The van der Waals surface area contributed by atoms with Gasteiger partial charge in [0, 0.05) is 11.4 Å². The summed E-state index contributed by atoms with van der Waals surface area (Å²) in [5.74, 6) is -0.165. The molecule has 0 heterocycles. The molecule has 0 radical (unpaired) electrons. The molecule has 0 aliphatic heterocycles. The summed E-state index contributed by atoms with van der Waals surface area (Å²) in [5.41, 5.74) is 4.54. The molecule has 0 atom stereocenters. The molecule has 30 heavy (non-hydrogen) atoms. The molecular weight excluding hydrogens is 420 g/mol. The summed E-state index contributed by atoms with van der Waals surface area (Å²) in [5, 5.41) is 0. The molecule has 3 aromatic rings. The van der Waals surface area contributed by atoms with Crippen LogP contribution < -0.4 is 9.44 Å². The van der Waals surface area contributed by atoms with Gasteiger partial charge in [-0.25, -0.2) is 16.8 Å². The molecule has 0 bridgehead atoms. The van der Waals surface area contributed by atoms with Gasteiger partial charge in [-0.2, -0.15) is 0 Å². The maximum atomic E-state index is 12.6. The van der Waals surface area contributed by atoms with Crippen LogP contribution in [0.2, 0.25) is 0 Å². The van der Waals surface area contributed by atoms with E-state index >= 15 is 0 Å². The summed E-state index contributed by atoms with van der Waals surface area (Å²) < 4.78 is 55.0. The lowest BCUT2D eigenvalue weighted by atomic mass is 10.1. The molecule has 0 spiro atoms. The van der Waals surface area contributed by atoms with Crippen LogP contribution in [-0.4, -0.2) is 16.8 Å². The third kappa shape index (κ3) is 5.61. The molecule has 0 fully saturated rings. The lowest BCUT2D eigenvalue weighted by Crippen LogP contribution is -2.16. The monoisotopic (exact) mass is 444 g/mol. The van der Waals surface area contributed by atoms with Crippen molar-refractivity contribution in [1.29, 1.82) is 0 Å². The average Bonchev–Trinajstić information content (AvgIpc) is 2.66. The van der Waals surface area contributed by atoms with E-state index in [9.17, 15) is 16.8 Å². The van der Waals surface area contributed by atoms with Gasteiger partial charge in [0.1, 0.15) is 0 Å². The number of nitrogens with one attached hydrogen (secondary N) is 2. The first-order valence-electron chi connectivity index (χ1n) is 9.30. The summed E-state index contributed by atoms with van der Waals surface area (Å²) >= 11 is 0. The number of hydrogen-bond donors (Lipinski definition) is 2. The summed E-state index contributed by atoms with van der Waals surface area (Å²) in [6.07, 6.45) is 0. The van der Waals surface area contributed by atoms with E-state index in [1.54, 1.807) is 24.3 Å². The Balaban J connectivity index is 1.71. The van der Waals surface area contributed by atoms with Crippen molar-refractivity contribution in [3.63, 3.8) is 0 Å². The van der Waals surface area contributed by atoms with E-state index in [4.69, 9.17) is 0 Å². The third-order valence-electron chi connectivity index (χ3n) is 4.67. The Labute approximate surface area is 178 Å². The largest absolute Gasteiger partial charge is 0.283 e. The van der Waals surface area contributed by atoms with Crippen molar-refractivity contribution < 1.29 is 16.8 Å². The smallest absolute Gasteiger partial charge is 0.261 e. The van der Waals surface area contributed by atoms with Crippen molar-refractivity contribution in [3.8, 4) is 0 Å². The minimum atomic E-state index is -3.78. The van der Waals surface area contributed by atoms with Gasteiger partial charge in [0.05, 0.1) is 10.6 Å². The lowest BCUT2D eigenvalue weighted by Gasteiger charge is -2.11. The van der Waals surface area contributed by atoms with E-state index in [-0.39, 0.29) is 10.6 Å². The molecule has 3 aromatic carbocycles. The van der Waals surface area contributed by atoms with Crippen LogP contribution in [0.15, 0.2) is 71.6 Å². The minimum absolute atomic E-state index is 0.0437. The molecule has 0 aliphatic rings. The van der Waals surface area contributed by atoms with Crippen LogP contribution in [0.1, 0.15) is 22.3 Å². The highest BCUT2D eigenvalue weighted by Gasteiger charge is 2.16. The van der Waals surface area contributed by atoms with Gasteiger partial charge in [0.25, 0.3) is 10.0 Å². The Kier molecular flexibility index (Phi) is 6.19. The molecule has 0 aromatic heterocycles. The molecule has 3 rings (SSSR count). The minimum Gasteiger partial charge on any atom is -0.283 e. The van der Waals surface area contributed by atoms with Crippen molar-refractivity contribution in [2.24, 2.45) is 0 Å². The average molecular weight is 445 g/mol. The quantitative estimate of drug-likeness (QED) is 0.566. The van der Waals surface area contributed by atoms with Crippen LogP contribution >= 0.6 is 0 Å². The van der Waals surface area contributed by atoms with E-state index < -0.39 is 20.0 Å². The molecule has 2 N–H and O–H groups in total. The standard InChI is InChI=1S/C22H24N2O4S2/c1-16-4-7-19(8-5-16)15-29(25,26)23-20-10-12-22(13-11-20)30(27,28)24-21-9-6-17(2)18(3)14-21/h4-14,23-24H,15H2,1-3H3. The van der Waals surface area contributed by atoms with Gasteiger partial charge in [-0.1, -0.05) is 35.9 Å². The van der Waals surface area contributed by atoms with Gasteiger partial charge in [0.15, 0.2) is 0 Å². The number of anilines is 2. The number of sulfonamides is 2. The molecule has 0 amide bonds. The summed E-state index contributed by atoms with van der Waals surface area (Å²) in [6, 6.07) is 18.2. The van der Waals surface area contributed by atoms with E-state index in [0.29, 0.717) is 16.9 Å². The van der Waals surface area contributed by atoms with Gasteiger partial charge < -0.3 is 0 Å². The van der Waals surface area contributed by atoms with Gasteiger partial charge in [0.2, 0.25) is 10.0 Å². The van der Waals surface area contributed by atoms with Crippen LogP contribution in [0.25, 0.3) is 0 Å². The first-order valence-corrected chi connectivity index (χ1v) is 12.4. The highest BCUT2D eigenvalue weighted by Crippen LogP contribution is 2.21. The Morgan fingerprint density at radius 1 is 0.667 bits per heavy atom. The van der Waals surface area contributed by atoms with Crippen LogP contribution in [0.4, 0.5) is 11.4 Å². The third-order valence-corrected chi connectivity index (χ3v) is 7.33. The fourth-order valence-electron chi connectivity index (χ4n) is 2.84. The molecule has 0 saturated heterocycles. The first-order chi connectivity index (χ1) is 14.0. The highest BCUT2D eigenvalue weighted by atomic mass is 32.2. The van der Waals surface area contributed by atoms with Crippen molar-refractivity contribution in [3.05, 3.63) is 89.0 Å². The molecule has 6 nitrogen and oxygen atoms in total. The van der Waals surface area contributed by atoms with Crippen molar-refractivity contribution in [2.45, 2.75) is 31.4 Å². The lowest BCUT2D eigenvalue weighted by molar-refractivity contribution is 0.599. The molecule has 8 heteroatoms.